The van der Waals surface area contributed by atoms with Crippen molar-refractivity contribution >= 4 is 51.7 Å². The van der Waals surface area contributed by atoms with Gasteiger partial charge in [-0.25, -0.2) is 4.79 Å². The average Bonchev–Trinajstić information content (AvgIpc) is 2.68. The molecule has 5 nitrogen and oxygen atoms in total. The van der Waals surface area contributed by atoms with Gasteiger partial charge < -0.3 is 13.9 Å². The molecule has 0 aliphatic rings. The number of ether oxygens (including phenoxy) is 2. The Labute approximate surface area is 188 Å². The van der Waals surface area contributed by atoms with Crippen LogP contribution in [-0.2, 0) is 22.6 Å². The Hall–Kier alpha value is -2.21. The van der Waals surface area contributed by atoms with Crippen molar-refractivity contribution in [1.82, 2.24) is 0 Å². The van der Waals surface area contributed by atoms with Gasteiger partial charge in [-0.05, 0) is 44.0 Å². The van der Waals surface area contributed by atoms with Crippen molar-refractivity contribution in [3.63, 3.8) is 0 Å². The van der Waals surface area contributed by atoms with E-state index in [0.29, 0.717) is 49.5 Å². The van der Waals surface area contributed by atoms with Gasteiger partial charge in [0.25, 0.3) is 0 Å². The average molecular weight is 470 g/mol. The Morgan fingerprint density at radius 2 is 1.87 bits per heavy atom. The Morgan fingerprint density at radius 3 is 2.57 bits per heavy atom. The number of halogens is 3. The van der Waals surface area contributed by atoms with Crippen LogP contribution in [0.5, 0.6) is 5.75 Å². The van der Waals surface area contributed by atoms with Crippen LogP contribution in [0.4, 0.5) is 0 Å². The minimum Gasteiger partial charge on any atom is -0.487 e. The first-order valence-electron chi connectivity index (χ1n) is 9.28. The van der Waals surface area contributed by atoms with E-state index < -0.39 is 5.63 Å². The van der Waals surface area contributed by atoms with E-state index in [1.165, 1.54) is 0 Å². The minimum absolute atomic E-state index is 0.0989. The molecule has 3 aromatic rings. The van der Waals surface area contributed by atoms with E-state index in [1.54, 1.807) is 44.2 Å². The SMILES string of the molecule is CCOC(=O)CCc1c(C)c2cc(Cl)c(OCc3ccc(Cl)cc3Cl)cc2oc1=O. The van der Waals surface area contributed by atoms with Crippen LogP contribution in [0.3, 0.4) is 0 Å². The van der Waals surface area contributed by atoms with Crippen LogP contribution in [0.1, 0.15) is 30.0 Å². The molecule has 0 N–H and O–H groups in total. The summed E-state index contributed by atoms with van der Waals surface area (Å²) in [5.41, 5.74) is 1.72. The maximum absolute atomic E-state index is 12.5. The third kappa shape index (κ3) is 5.09. The monoisotopic (exact) mass is 468 g/mol. The number of carbonyl (C=O) groups is 1. The normalized spacial score (nSPS) is 11.0. The summed E-state index contributed by atoms with van der Waals surface area (Å²) in [5, 5.41) is 2.05. The molecule has 3 rings (SSSR count). The summed E-state index contributed by atoms with van der Waals surface area (Å²) < 4.78 is 16.2. The number of hydrogen-bond donors (Lipinski definition) is 0. The molecule has 0 spiro atoms. The molecule has 2 aromatic carbocycles. The standard InChI is InChI=1S/C22H19Cl3O5/c1-3-28-21(26)7-6-15-12(2)16-9-18(25)20(10-19(16)30-22(15)27)29-11-13-4-5-14(23)8-17(13)24/h4-5,8-10H,3,6-7,11H2,1-2H3. The van der Waals surface area contributed by atoms with Gasteiger partial charge in [0, 0.05) is 39.0 Å². The molecule has 0 bridgehead atoms. The smallest absolute Gasteiger partial charge is 0.339 e. The highest BCUT2D eigenvalue weighted by atomic mass is 35.5. The molecule has 158 valence electrons. The first kappa shape index (κ1) is 22.5. The van der Waals surface area contributed by atoms with Crippen molar-refractivity contribution in [3.05, 3.63) is 72.5 Å². The number of aryl methyl sites for hydroxylation is 1. The van der Waals surface area contributed by atoms with Gasteiger partial charge in [-0.15, -0.1) is 0 Å². The van der Waals surface area contributed by atoms with Gasteiger partial charge in [0.1, 0.15) is 17.9 Å². The van der Waals surface area contributed by atoms with Crippen molar-refractivity contribution in [3.8, 4) is 5.75 Å². The van der Waals surface area contributed by atoms with Gasteiger partial charge in [-0.3, -0.25) is 4.79 Å². The van der Waals surface area contributed by atoms with Crippen LogP contribution in [0.15, 0.2) is 39.5 Å². The van der Waals surface area contributed by atoms with Crippen LogP contribution in [0, 0.1) is 6.92 Å². The molecule has 8 heteroatoms. The van der Waals surface area contributed by atoms with Crippen molar-refractivity contribution in [1.29, 1.82) is 0 Å². The highest BCUT2D eigenvalue weighted by Gasteiger charge is 2.16. The molecule has 30 heavy (non-hydrogen) atoms. The highest BCUT2D eigenvalue weighted by molar-refractivity contribution is 6.35. The van der Waals surface area contributed by atoms with Crippen molar-refractivity contribution in [2.45, 2.75) is 33.3 Å². The lowest BCUT2D eigenvalue weighted by molar-refractivity contribution is -0.143. The van der Waals surface area contributed by atoms with Crippen LogP contribution in [-0.4, -0.2) is 12.6 Å². The van der Waals surface area contributed by atoms with E-state index in [1.807, 2.05) is 0 Å². The van der Waals surface area contributed by atoms with Gasteiger partial charge in [-0.2, -0.15) is 0 Å². The van der Waals surface area contributed by atoms with Gasteiger partial charge in [0.05, 0.1) is 11.6 Å². The molecule has 1 heterocycles. The second-order valence-electron chi connectivity index (χ2n) is 6.60. The van der Waals surface area contributed by atoms with Crippen molar-refractivity contribution in [2.24, 2.45) is 0 Å². The van der Waals surface area contributed by atoms with Gasteiger partial charge >= 0.3 is 11.6 Å². The van der Waals surface area contributed by atoms with E-state index in [2.05, 4.69) is 0 Å². The lowest BCUT2D eigenvalue weighted by Crippen LogP contribution is -2.13. The van der Waals surface area contributed by atoms with E-state index >= 15 is 0 Å². The Bertz CT molecular complexity index is 1150. The molecular formula is C22H19Cl3O5. The summed E-state index contributed by atoms with van der Waals surface area (Å²) in [5.74, 6) is -0.00366. The van der Waals surface area contributed by atoms with E-state index in [0.717, 1.165) is 5.56 Å². The number of benzene rings is 2. The Kier molecular flexibility index (Phi) is 7.29. The maximum atomic E-state index is 12.5. The molecular weight excluding hydrogens is 451 g/mol. The zero-order valence-corrected chi connectivity index (χ0v) is 18.7. The highest BCUT2D eigenvalue weighted by Crippen LogP contribution is 2.33. The number of esters is 1. The predicted molar refractivity (Wildman–Crippen MR) is 118 cm³/mol. The van der Waals surface area contributed by atoms with E-state index in [9.17, 15) is 9.59 Å². The largest absolute Gasteiger partial charge is 0.487 e. The molecule has 0 atom stereocenters. The van der Waals surface area contributed by atoms with Crippen LogP contribution in [0.25, 0.3) is 11.0 Å². The number of carbonyl (C=O) groups excluding carboxylic acids is 1. The quantitative estimate of drug-likeness (QED) is 0.307. The summed E-state index contributed by atoms with van der Waals surface area (Å²) in [6.07, 6.45) is 0.329. The summed E-state index contributed by atoms with van der Waals surface area (Å²) in [4.78, 5) is 24.1. The first-order valence-corrected chi connectivity index (χ1v) is 10.4. The zero-order valence-electron chi connectivity index (χ0n) is 16.4. The summed E-state index contributed by atoms with van der Waals surface area (Å²) in [6.45, 7) is 3.99. The second kappa shape index (κ2) is 9.73. The van der Waals surface area contributed by atoms with Gasteiger partial charge in [0.2, 0.25) is 0 Å². The Morgan fingerprint density at radius 1 is 1.10 bits per heavy atom. The third-order valence-electron chi connectivity index (χ3n) is 4.62. The lowest BCUT2D eigenvalue weighted by Gasteiger charge is -2.12. The molecule has 0 unspecified atom stereocenters. The van der Waals surface area contributed by atoms with Gasteiger partial charge in [-0.1, -0.05) is 40.9 Å². The fraction of sp³-hybridized carbons (Fsp3) is 0.273. The van der Waals surface area contributed by atoms with Crippen LogP contribution >= 0.6 is 34.8 Å². The number of rotatable bonds is 7. The number of hydrogen-bond acceptors (Lipinski definition) is 5. The molecule has 0 saturated carbocycles. The van der Waals surface area contributed by atoms with E-state index in [-0.39, 0.29) is 25.4 Å². The lowest BCUT2D eigenvalue weighted by atomic mass is 10.0. The molecule has 0 fully saturated rings. The fourth-order valence-electron chi connectivity index (χ4n) is 3.04. The summed E-state index contributed by atoms with van der Waals surface area (Å²) in [7, 11) is 0. The summed E-state index contributed by atoms with van der Waals surface area (Å²) in [6, 6.07) is 8.37. The third-order valence-corrected chi connectivity index (χ3v) is 5.50. The molecule has 0 saturated heterocycles. The second-order valence-corrected chi connectivity index (χ2v) is 7.85. The zero-order chi connectivity index (χ0) is 21.8. The topological polar surface area (TPSA) is 65.7 Å². The summed E-state index contributed by atoms with van der Waals surface area (Å²) >= 11 is 18.5. The Balaban J connectivity index is 1.87. The van der Waals surface area contributed by atoms with Crippen molar-refractivity contribution in [2.75, 3.05) is 6.61 Å². The molecule has 0 radical (unpaired) electrons. The van der Waals surface area contributed by atoms with Crippen LogP contribution in [0.2, 0.25) is 15.1 Å². The maximum Gasteiger partial charge on any atom is 0.339 e. The van der Waals surface area contributed by atoms with E-state index in [4.69, 9.17) is 48.7 Å². The van der Waals surface area contributed by atoms with Crippen LogP contribution < -0.4 is 10.4 Å². The van der Waals surface area contributed by atoms with Gasteiger partial charge in [0.15, 0.2) is 0 Å². The fourth-order valence-corrected chi connectivity index (χ4v) is 3.73. The molecule has 1 aromatic heterocycles. The van der Waals surface area contributed by atoms with Crippen molar-refractivity contribution < 1.29 is 18.7 Å². The molecule has 0 aliphatic carbocycles. The molecule has 0 aliphatic heterocycles. The minimum atomic E-state index is -0.502. The number of fused-ring (bicyclic) bond motifs is 1. The first-order chi connectivity index (χ1) is 14.3. The molecule has 0 amide bonds. The predicted octanol–water partition coefficient (Wildman–Crippen LogP) is 6.14.